The van der Waals surface area contributed by atoms with Crippen molar-refractivity contribution in [1.29, 1.82) is 0 Å². The molecule has 2 aromatic rings. The van der Waals surface area contributed by atoms with Crippen molar-refractivity contribution in [3.05, 3.63) is 62.8 Å². The average molecular weight is 240 g/mol. The van der Waals surface area contributed by atoms with Crippen molar-refractivity contribution in [2.45, 2.75) is 12.8 Å². The molecule has 0 saturated carbocycles. The first kappa shape index (κ1) is 10.8. The molecule has 0 saturated heterocycles. The highest BCUT2D eigenvalue weighted by Gasteiger charge is 2.05. The minimum atomic E-state index is -0.475. The van der Waals surface area contributed by atoms with Gasteiger partial charge >= 0.3 is 5.69 Å². The molecular weight excluding hydrogens is 228 g/mol. The van der Waals surface area contributed by atoms with Crippen LogP contribution in [-0.4, -0.2) is 9.97 Å². The van der Waals surface area contributed by atoms with E-state index in [1.54, 1.807) is 6.07 Å². The number of benzene rings is 1. The van der Waals surface area contributed by atoms with E-state index in [4.69, 9.17) is 0 Å². The van der Waals surface area contributed by atoms with E-state index in [2.05, 4.69) is 28.2 Å². The minimum Gasteiger partial charge on any atom is -0.307 e. The Hall–Kier alpha value is -2.36. The molecule has 0 aliphatic heterocycles. The van der Waals surface area contributed by atoms with Gasteiger partial charge in [-0.15, -0.1) is 0 Å². The second kappa shape index (κ2) is 4.14. The van der Waals surface area contributed by atoms with E-state index in [0.29, 0.717) is 10.9 Å². The number of aromatic amines is 2. The van der Waals surface area contributed by atoms with Crippen LogP contribution in [0.15, 0.2) is 46.0 Å². The van der Waals surface area contributed by atoms with Crippen molar-refractivity contribution in [2.75, 3.05) is 0 Å². The van der Waals surface area contributed by atoms with Crippen molar-refractivity contribution < 1.29 is 0 Å². The summed E-state index contributed by atoms with van der Waals surface area (Å²) in [5.74, 6) is 0. The van der Waals surface area contributed by atoms with Gasteiger partial charge in [0.15, 0.2) is 0 Å². The smallest absolute Gasteiger partial charge is 0.307 e. The lowest BCUT2D eigenvalue weighted by Crippen LogP contribution is -2.21. The normalized spacial score (nSPS) is 14.8. The van der Waals surface area contributed by atoms with Crippen LogP contribution in [0.3, 0.4) is 0 Å². The zero-order valence-corrected chi connectivity index (χ0v) is 9.69. The van der Waals surface area contributed by atoms with Gasteiger partial charge in [-0.25, -0.2) is 4.79 Å². The Kier molecular flexibility index (Phi) is 2.48. The Morgan fingerprint density at radius 2 is 1.94 bits per heavy atom. The fraction of sp³-hybridized carbons (Fsp3) is 0.143. The fourth-order valence-electron chi connectivity index (χ4n) is 2.17. The molecule has 1 aromatic heterocycles. The van der Waals surface area contributed by atoms with Gasteiger partial charge in [0.05, 0.1) is 10.9 Å². The predicted molar refractivity (Wildman–Crippen MR) is 71.5 cm³/mol. The second-order valence-corrected chi connectivity index (χ2v) is 4.31. The third kappa shape index (κ3) is 1.82. The first-order chi connectivity index (χ1) is 8.74. The van der Waals surface area contributed by atoms with Gasteiger partial charge in [0.2, 0.25) is 0 Å². The summed E-state index contributed by atoms with van der Waals surface area (Å²) in [7, 11) is 0. The van der Waals surface area contributed by atoms with Gasteiger partial charge in [-0.2, -0.15) is 0 Å². The van der Waals surface area contributed by atoms with Crippen LogP contribution in [-0.2, 0) is 0 Å². The maximum atomic E-state index is 11.7. The van der Waals surface area contributed by atoms with Gasteiger partial charge in [0.1, 0.15) is 0 Å². The summed E-state index contributed by atoms with van der Waals surface area (Å²) >= 11 is 0. The lowest BCUT2D eigenvalue weighted by atomic mass is 9.98. The van der Waals surface area contributed by atoms with Gasteiger partial charge < -0.3 is 4.98 Å². The summed E-state index contributed by atoms with van der Waals surface area (Å²) in [4.78, 5) is 27.7. The highest BCUT2D eigenvalue weighted by Crippen LogP contribution is 2.22. The van der Waals surface area contributed by atoms with Crippen LogP contribution < -0.4 is 11.2 Å². The molecule has 0 atom stereocenters. The molecule has 0 spiro atoms. The number of H-pyrrole nitrogens is 2. The number of fused-ring (bicyclic) bond motifs is 1. The average Bonchev–Trinajstić information content (AvgIpc) is 2.39. The van der Waals surface area contributed by atoms with Crippen LogP contribution in [0, 0.1) is 0 Å². The molecule has 0 fully saturated rings. The lowest BCUT2D eigenvalue weighted by molar-refractivity contribution is 1.04. The molecule has 0 bridgehead atoms. The summed E-state index contributed by atoms with van der Waals surface area (Å²) in [6.45, 7) is 0. The van der Waals surface area contributed by atoms with E-state index < -0.39 is 5.69 Å². The van der Waals surface area contributed by atoms with Crippen molar-refractivity contribution in [2.24, 2.45) is 0 Å². The quantitative estimate of drug-likeness (QED) is 0.800. The van der Waals surface area contributed by atoms with Crippen LogP contribution >= 0.6 is 0 Å². The van der Waals surface area contributed by atoms with E-state index in [-0.39, 0.29) is 5.56 Å². The summed E-state index contributed by atoms with van der Waals surface area (Å²) < 4.78 is 0. The molecular formula is C14H12N2O2. The molecule has 1 heterocycles. The zero-order chi connectivity index (χ0) is 12.5. The maximum absolute atomic E-state index is 11.7. The van der Waals surface area contributed by atoms with E-state index in [1.807, 2.05) is 12.1 Å². The number of hydrogen-bond acceptors (Lipinski definition) is 2. The van der Waals surface area contributed by atoms with Gasteiger partial charge in [0, 0.05) is 0 Å². The predicted octanol–water partition coefficient (Wildman–Crippen LogP) is 1.95. The SMILES string of the molecule is O=c1[nH]c(=O)c2cc(C3=CCCC=C3)ccc2[nH]1. The van der Waals surface area contributed by atoms with Crippen LogP contribution in [0.2, 0.25) is 0 Å². The Labute approximate surface area is 103 Å². The van der Waals surface area contributed by atoms with Gasteiger partial charge in [-0.05, 0) is 36.1 Å². The van der Waals surface area contributed by atoms with E-state index in [9.17, 15) is 9.59 Å². The highest BCUT2D eigenvalue weighted by molar-refractivity contribution is 5.85. The Bertz CT molecular complexity index is 778. The number of rotatable bonds is 1. The standard InChI is InChI=1S/C14H12N2O2/c17-13-11-8-10(9-4-2-1-3-5-9)6-7-12(11)15-14(18)16-13/h2,4-8H,1,3H2,(H2,15,16,17,18). The van der Waals surface area contributed by atoms with Crippen molar-refractivity contribution in [3.8, 4) is 0 Å². The third-order valence-corrected chi connectivity index (χ3v) is 3.07. The zero-order valence-electron chi connectivity index (χ0n) is 9.69. The van der Waals surface area contributed by atoms with E-state index in [1.165, 1.54) is 0 Å². The summed E-state index contributed by atoms with van der Waals surface area (Å²) in [5.41, 5.74) is 1.85. The first-order valence-corrected chi connectivity index (χ1v) is 5.87. The first-order valence-electron chi connectivity index (χ1n) is 5.87. The third-order valence-electron chi connectivity index (χ3n) is 3.07. The van der Waals surface area contributed by atoms with Crippen molar-refractivity contribution in [3.63, 3.8) is 0 Å². The lowest BCUT2D eigenvalue weighted by Gasteiger charge is -2.07. The second-order valence-electron chi connectivity index (χ2n) is 4.31. The molecule has 0 unspecified atom stereocenters. The summed E-state index contributed by atoms with van der Waals surface area (Å²) in [6.07, 6.45) is 8.42. The fourth-order valence-corrected chi connectivity index (χ4v) is 2.17. The molecule has 1 aliphatic carbocycles. The number of nitrogens with one attached hydrogen (secondary N) is 2. The Balaban J connectivity index is 2.23. The molecule has 4 heteroatoms. The molecule has 90 valence electrons. The molecule has 3 rings (SSSR count). The Morgan fingerprint density at radius 3 is 2.72 bits per heavy atom. The Morgan fingerprint density at radius 1 is 1.06 bits per heavy atom. The van der Waals surface area contributed by atoms with E-state index in [0.717, 1.165) is 24.0 Å². The molecule has 4 nitrogen and oxygen atoms in total. The largest absolute Gasteiger partial charge is 0.326 e. The number of hydrogen-bond donors (Lipinski definition) is 2. The topological polar surface area (TPSA) is 65.7 Å². The van der Waals surface area contributed by atoms with Crippen molar-refractivity contribution >= 4 is 16.5 Å². The van der Waals surface area contributed by atoms with Crippen LogP contribution in [0.1, 0.15) is 18.4 Å². The van der Waals surface area contributed by atoms with Gasteiger partial charge in [0.25, 0.3) is 5.56 Å². The van der Waals surface area contributed by atoms with Crippen LogP contribution in [0.4, 0.5) is 0 Å². The number of aromatic nitrogens is 2. The van der Waals surface area contributed by atoms with Crippen molar-refractivity contribution in [1.82, 2.24) is 9.97 Å². The van der Waals surface area contributed by atoms with Gasteiger partial charge in [-0.1, -0.05) is 24.3 Å². The molecule has 0 amide bonds. The molecule has 0 radical (unpaired) electrons. The minimum absolute atomic E-state index is 0.351. The molecule has 1 aliphatic rings. The van der Waals surface area contributed by atoms with Crippen LogP contribution in [0.25, 0.3) is 16.5 Å². The monoisotopic (exact) mass is 240 g/mol. The van der Waals surface area contributed by atoms with Gasteiger partial charge in [-0.3, -0.25) is 9.78 Å². The highest BCUT2D eigenvalue weighted by atomic mass is 16.2. The van der Waals surface area contributed by atoms with E-state index >= 15 is 0 Å². The molecule has 1 aromatic carbocycles. The summed E-state index contributed by atoms with van der Waals surface area (Å²) in [6, 6.07) is 5.50. The maximum Gasteiger partial charge on any atom is 0.326 e. The van der Waals surface area contributed by atoms with Crippen LogP contribution in [0.5, 0.6) is 0 Å². The number of allylic oxidation sites excluding steroid dienone is 4. The molecule has 18 heavy (non-hydrogen) atoms. The molecule has 2 N–H and O–H groups in total. The summed E-state index contributed by atoms with van der Waals surface area (Å²) in [5, 5.41) is 0.506.